The number of nitrogens with zero attached hydrogens (tertiary/aromatic N) is 1. The Kier molecular flexibility index (Phi) is 4.02. The van der Waals surface area contributed by atoms with Gasteiger partial charge in [-0.1, -0.05) is 13.8 Å². The summed E-state index contributed by atoms with van der Waals surface area (Å²) in [4.78, 5) is 9.97. The zero-order valence-corrected chi connectivity index (χ0v) is 11.2. The molecule has 0 amide bonds. The molecule has 0 radical (unpaired) electrons. The van der Waals surface area contributed by atoms with Gasteiger partial charge in [0.15, 0.2) is 5.82 Å². The number of non-ortho nitro benzene ring substituents is 1. The molecule has 1 aromatic rings. The first-order valence-corrected chi connectivity index (χ1v) is 6.68. The van der Waals surface area contributed by atoms with Crippen LogP contribution in [0.15, 0.2) is 18.2 Å². The smallest absolute Gasteiger partial charge is 0.272 e. The lowest BCUT2D eigenvalue weighted by Crippen LogP contribution is -2.30. The molecule has 3 unspecified atom stereocenters. The van der Waals surface area contributed by atoms with Gasteiger partial charge in [-0.3, -0.25) is 10.1 Å². The molecule has 1 aromatic carbocycles. The van der Waals surface area contributed by atoms with Gasteiger partial charge < -0.3 is 5.32 Å². The number of hydrogen-bond acceptors (Lipinski definition) is 3. The summed E-state index contributed by atoms with van der Waals surface area (Å²) >= 11 is 0. The molecular formula is C14H19FN2O2. The predicted molar refractivity (Wildman–Crippen MR) is 72.6 cm³/mol. The van der Waals surface area contributed by atoms with Crippen LogP contribution >= 0.6 is 0 Å². The Labute approximate surface area is 112 Å². The predicted octanol–water partition coefficient (Wildman–Crippen LogP) is 3.97. The summed E-state index contributed by atoms with van der Waals surface area (Å²) in [6.07, 6.45) is 3.16. The summed E-state index contributed by atoms with van der Waals surface area (Å²) < 4.78 is 13.8. The van der Waals surface area contributed by atoms with E-state index in [-0.39, 0.29) is 11.7 Å². The number of benzene rings is 1. The molecule has 2 rings (SSSR count). The van der Waals surface area contributed by atoms with E-state index in [1.807, 2.05) is 0 Å². The van der Waals surface area contributed by atoms with E-state index >= 15 is 0 Å². The minimum atomic E-state index is -0.586. The van der Waals surface area contributed by atoms with E-state index in [1.54, 1.807) is 0 Å². The van der Waals surface area contributed by atoms with Crippen LogP contribution in [0.25, 0.3) is 0 Å². The number of nitro benzene ring substituents is 1. The van der Waals surface area contributed by atoms with Gasteiger partial charge in [-0.15, -0.1) is 0 Å². The van der Waals surface area contributed by atoms with E-state index in [0.29, 0.717) is 17.5 Å². The lowest BCUT2D eigenvalue weighted by Gasteiger charge is -2.33. The Morgan fingerprint density at radius 3 is 2.63 bits per heavy atom. The van der Waals surface area contributed by atoms with Crippen LogP contribution in [0.4, 0.5) is 15.8 Å². The van der Waals surface area contributed by atoms with Crippen molar-refractivity contribution in [3.8, 4) is 0 Å². The fourth-order valence-corrected chi connectivity index (χ4v) is 2.63. The van der Waals surface area contributed by atoms with Crippen molar-refractivity contribution in [2.45, 2.75) is 39.2 Å². The number of rotatable bonds is 3. The summed E-state index contributed by atoms with van der Waals surface area (Å²) in [5, 5.41) is 13.7. The minimum absolute atomic E-state index is 0.214. The standard InChI is InChI=1S/C14H19FN2O2/c1-9-3-4-11(7-10(9)2)16-14-6-5-12(17(18)19)8-13(14)15/h5-6,8-11,16H,3-4,7H2,1-2H3. The van der Waals surface area contributed by atoms with Gasteiger partial charge in [-0.05, 0) is 37.2 Å². The van der Waals surface area contributed by atoms with Crippen LogP contribution in [0.5, 0.6) is 0 Å². The Morgan fingerprint density at radius 1 is 1.32 bits per heavy atom. The van der Waals surface area contributed by atoms with Gasteiger partial charge in [0.1, 0.15) is 0 Å². The zero-order valence-electron chi connectivity index (χ0n) is 11.2. The quantitative estimate of drug-likeness (QED) is 0.665. The van der Waals surface area contributed by atoms with Crippen molar-refractivity contribution in [2.24, 2.45) is 11.8 Å². The van der Waals surface area contributed by atoms with Gasteiger partial charge in [0.2, 0.25) is 0 Å². The molecule has 1 fully saturated rings. The van der Waals surface area contributed by atoms with Gasteiger partial charge >= 0.3 is 0 Å². The fourth-order valence-electron chi connectivity index (χ4n) is 2.63. The summed E-state index contributed by atoms with van der Waals surface area (Å²) in [6, 6.07) is 4.01. The fraction of sp³-hybridized carbons (Fsp3) is 0.571. The summed E-state index contributed by atoms with van der Waals surface area (Å²) in [5.74, 6) is 0.771. The molecule has 0 heterocycles. The van der Waals surface area contributed by atoms with E-state index in [1.165, 1.54) is 12.1 Å². The molecule has 3 atom stereocenters. The third-order valence-electron chi connectivity index (χ3n) is 4.12. The number of anilines is 1. The van der Waals surface area contributed by atoms with Crippen LogP contribution in [-0.4, -0.2) is 11.0 Å². The third-order valence-corrected chi connectivity index (χ3v) is 4.12. The van der Waals surface area contributed by atoms with Gasteiger partial charge in [-0.2, -0.15) is 0 Å². The largest absolute Gasteiger partial charge is 0.380 e. The zero-order chi connectivity index (χ0) is 14.0. The monoisotopic (exact) mass is 266 g/mol. The van der Waals surface area contributed by atoms with Crippen molar-refractivity contribution in [3.63, 3.8) is 0 Å². The third kappa shape index (κ3) is 3.22. The summed E-state index contributed by atoms with van der Waals surface area (Å²) in [7, 11) is 0. The molecule has 0 aliphatic heterocycles. The molecule has 5 heteroatoms. The second-order valence-electron chi connectivity index (χ2n) is 5.53. The normalized spacial score (nSPS) is 27.0. The molecule has 0 saturated heterocycles. The molecule has 19 heavy (non-hydrogen) atoms. The summed E-state index contributed by atoms with van der Waals surface area (Å²) in [5.41, 5.74) is 0.144. The van der Waals surface area contributed by atoms with Crippen LogP contribution < -0.4 is 5.32 Å². The van der Waals surface area contributed by atoms with Crippen LogP contribution in [0.2, 0.25) is 0 Å². The molecular weight excluding hydrogens is 247 g/mol. The maximum absolute atomic E-state index is 13.8. The number of hydrogen-bond donors (Lipinski definition) is 1. The van der Waals surface area contributed by atoms with Crippen molar-refractivity contribution in [2.75, 3.05) is 5.32 Å². The van der Waals surface area contributed by atoms with Gasteiger partial charge in [0.25, 0.3) is 5.69 Å². The average molecular weight is 266 g/mol. The Hall–Kier alpha value is -1.65. The molecule has 104 valence electrons. The van der Waals surface area contributed by atoms with E-state index in [0.717, 1.165) is 25.3 Å². The van der Waals surface area contributed by atoms with Gasteiger partial charge in [-0.25, -0.2) is 4.39 Å². The first-order chi connectivity index (χ1) is 8.97. The second kappa shape index (κ2) is 5.55. The second-order valence-corrected chi connectivity index (χ2v) is 5.53. The first-order valence-electron chi connectivity index (χ1n) is 6.68. The van der Waals surface area contributed by atoms with E-state index in [4.69, 9.17) is 0 Å². The Morgan fingerprint density at radius 2 is 2.05 bits per heavy atom. The summed E-state index contributed by atoms with van der Waals surface area (Å²) in [6.45, 7) is 4.46. The molecule has 4 nitrogen and oxygen atoms in total. The Bertz CT molecular complexity index is 479. The average Bonchev–Trinajstić information content (AvgIpc) is 2.36. The number of nitrogens with one attached hydrogen (secondary N) is 1. The highest BCUT2D eigenvalue weighted by Crippen LogP contribution is 2.32. The minimum Gasteiger partial charge on any atom is -0.380 e. The van der Waals surface area contributed by atoms with Crippen molar-refractivity contribution in [1.82, 2.24) is 0 Å². The highest BCUT2D eigenvalue weighted by Gasteiger charge is 2.25. The molecule has 0 bridgehead atoms. The molecule has 1 N–H and O–H groups in total. The molecule has 0 aromatic heterocycles. The van der Waals surface area contributed by atoms with E-state index in [2.05, 4.69) is 19.2 Å². The van der Waals surface area contributed by atoms with Crippen molar-refractivity contribution < 1.29 is 9.31 Å². The van der Waals surface area contributed by atoms with Crippen LogP contribution in [0.3, 0.4) is 0 Å². The van der Waals surface area contributed by atoms with Crippen LogP contribution in [-0.2, 0) is 0 Å². The molecule has 1 aliphatic carbocycles. The first kappa shape index (κ1) is 13.8. The molecule has 1 aliphatic rings. The number of nitro groups is 1. The van der Waals surface area contributed by atoms with Crippen molar-refractivity contribution >= 4 is 11.4 Å². The maximum Gasteiger partial charge on any atom is 0.272 e. The van der Waals surface area contributed by atoms with Gasteiger partial charge in [0, 0.05) is 12.1 Å². The highest BCUT2D eigenvalue weighted by atomic mass is 19.1. The lowest BCUT2D eigenvalue weighted by atomic mass is 9.79. The number of halogens is 1. The maximum atomic E-state index is 13.8. The van der Waals surface area contributed by atoms with E-state index in [9.17, 15) is 14.5 Å². The van der Waals surface area contributed by atoms with Crippen molar-refractivity contribution in [3.05, 3.63) is 34.1 Å². The van der Waals surface area contributed by atoms with Crippen LogP contribution in [0.1, 0.15) is 33.1 Å². The van der Waals surface area contributed by atoms with Crippen LogP contribution in [0, 0.1) is 27.8 Å². The topological polar surface area (TPSA) is 55.2 Å². The Balaban J connectivity index is 2.05. The highest BCUT2D eigenvalue weighted by molar-refractivity contribution is 5.50. The van der Waals surface area contributed by atoms with Gasteiger partial charge in [0.05, 0.1) is 16.7 Å². The lowest BCUT2D eigenvalue weighted by molar-refractivity contribution is -0.385. The molecule has 0 spiro atoms. The molecule has 1 saturated carbocycles. The van der Waals surface area contributed by atoms with Crippen molar-refractivity contribution in [1.29, 1.82) is 0 Å². The SMILES string of the molecule is CC1CCC(Nc2ccc([N+](=O)[O-])cc2F)CC1C. The van der Waals surface area contributed by atoms with E-state index < -0.39 is 10.7 Å².